The highest BCUT2D eigenvalue weighted by atomic mass is 16.3. The maximum absolute atomic E-state index is 9.66. The van der Waals surface area contributed by atoms with Gasteiger partial charge in [0.1, 0.15) is 0 Å². The Labute approximate surface area is 125 Å². The molecule has 0 amide bonds. The molecule has 2 aliphatic rings. The first kappa shape index (κ1) is 16.3. The fourth-order valence-corrected chi connectivity index (χ4v) is 3.87. The number of nitrogens with zero attached hydrogens (tertiary/aromatic N) is 1. The van der Waals surface area contributed by atoms with E-state index >= 15 is 0 Å². The van der Waals surface area contributed by atoms with E-state index in [1.807, 2.05) is 0 Å². The smallest absolute Gasteiger partial charge is 0.0564 e. The fourth-order valence-electron chi connectivity index (χ4n) is 3.87. The van der Waals surface area contributed by atoms with Crippen LogP contribution in [0.2, 0.25) is 0 Å². The van der Waals surface area contributed by atoms with Gasteiger partial charge < -0.3 is 15.3 Å². The lowest BCUT2D eigenvalue weighted by molar-refractivity contribution is 0.0424. The van der Waals surface area contributed by atoms with Crippen LogP contribution >= 0.6 is 0 Å². The van der Waals surface area contributed by atoms with Crippen LogP contribution in [0.15, 0.2) is 0 Å². The predicted octanol–water partition coefficient (Wildman–Crippen LogP) is 2.64. The number of piperidine rings is 1. The lowest BCUT2D eigenvalue weighted by Crippen LogP contribution is -2.48. The summed E-state index contributed by atoms with van der Waals surface area (Å²) in [7, 11) is 0. The Bertz CT molecular complexity index is 266. The first-order valence-corrected chi connectivity index (χ1v) is 8.71. The third-order valence-corrected chi connectivity index (χ3v) is 5.08. The molecule has 3 nitrogen and oxygen atoms in total. The molecule has 0 radical (unpaired) electrons. The summed E-state index contributed by atoms with van der Waals surface area (Å²) in [5.41, 5.74) is 0.495. The maximum Gasteiger partial charge on any atom is 0.0564 e. The molecule has 1 saturated heterocycles. The molecule has 2 N–H and O–H groups in total. The summed E-state index contributed by atoms with van der Waals surface area (Å²) in [6.07, 6.45) is 8.89. The highest BCUT2D eigenvalue weighted by molar-refractivity contribution is 4.89. The molecule has 1 heterocycles. The fraction of sp³-hybridized carbons (Fsp3) is 1.00. The zero-order valence-corrected chi connectivity index (χ0v) is 13.5. The van der Waals surface area contributed by atoms with Gasteiger partial charge in [-0.25, -0.2) is 0 Å². The summed E-state index contributed by atoms with van der Waals surface area (Å²) in [4.78, 5) is 2.61. The number of aliphatic hydroxyl groups excluding tert-OH is 1. The minimum atomic E-state index is -0.0485. The lowest BCUT2D eigenvalue weighted by atomic mass is 9.73. The summed E-state index contributed by atoms with van der Waals surface area (Å²) in [6.45, 7) is 10.3. The van der Waals surface area contributed by atoms with Crippen molar-refractivity contribution in [1.82, 2.24) is 10.2 Å². The highest BCUT2D eigenvalue weighted by Gasteiger charge is 2.34. The van der Waals surface area contributed by atoms with E-state index < -0.39 is 0 Å². The summed E-state index contributed by atoms with van der Waals surface area (Å²) < 4.78 is 0. The summed E-state index contributed by atoms with van der Waals surface area (Å²) >= 11 is 0. The maximum atomic E-state index is 9.66. The van der Waals surface area contributed by atoms with E-state index in [9.17, 15) is 5.11 Å². The van der Waals surface area contributed by atoms with Crippen molar-refractivity contribution in [3.8, 4) is 0 Å². The van der Waals surface area contributed by atoms with Gasteiger partial charge in [-0.05, 0) is 43.6 Å². The average molecular weight is 282 g/mol. The normalized spacial score (nSPS) is 25.2. The first-order chi connectivity index (χ1) is 9.60. The quantitative estimate of drug-likeness (QED) is 0.786. The van der Waals surface area contributed by atoms with Gasteiger partial charge in [-0.2, -0.15) is 0 Å². The largest absolute Gasteiger partial charge is 0.393 e. The van der Waals surface area contributed by atoms with E-state index in [1.54, 1.807) is 0 Å². The van der Waals surface area contributed by atoms with E-state index in [0.717, 1.165) is 38.4 Å². The zero-order chi connectivity index (χ0) is 14.4. The number of hydrogen-bond donors (Lipinski definition) is 2. The number of rotatable bonds is 6. The van der Waals surface area contributed by atoms with E-state index in [-0.39, 0.29) is 6.10 Å². The van der Waals surface area contributed by atoms with Crippen LogP contribution in [0, 0.1) is 11.3 Å². The van der Waals surface area contributed by atoms with Crippen molar-refractivity contribution in [2.24, 2.45) is 11.3 Å². The van der Waals surface area contributed by atoms with Gasteiger partial charge in [0.2, 0.25) is 0 Å². The lowest BCUT2D eigenvalue weighted by Gasteiger charge is -2.43. The molecule has 0 unspecified atom stereocenters. The molecular weight excluding hydrogens is 248 g/mol. The highest BCUT2D eigenvalue weighted by Crippen LogP contribution is 2.37. The molecule has 2 fully saturated rings. The van der Waals surface area contributed by atoms with Gasteiger partial charge in [0.05, 0.1) is 6.10 Å². The number of hydrogen-bond acceptors (Lipinski definition) is 3. The monoisotopic (exact) mass is 282 g/mol. The third-order valence-electron chi connectivity index (χ3n) is 5.08. The van der Waals surface area contributed by atoms with E-state index in [0.29, 0.717) is 5.41 Å². The van der Waals surface area contributed by atoms with Crippen LogP contribution in [0.25, 0.3) is 0 Å². The molecule has 0 atom stereocenters. The second-order valence-corrected chi connectivity index (χ2v) is 7.59. The summed E-state index contributed by atoms with van der Waals surface area (Å²) in [5, 5.41) is 13.4. The molecule has 1 saturated carbocycles. The Hall–Kier alpha value is -0.120. The van der Waals surface area contributed by atoms with Gasteiger partial charge in [0, 0.05) is 26.2 Å². The Morgan fingerprint density at radius 1 is 1.15 bits per heavy atom. The van der Waals surface area contributed by atoms with Crippen LogP contribution in [0.3, 0.4) is 0 Å². The SMILES string of the molecule is CC(C)CNCC1(CN2CCC(O)CC2)CCCCC1. The zero-order valence-electron chi connectivity index (χ0n) is 13.5. The van der Waals surface area contributed by atoms with E-state index in [4.69, 9.17) is 0 Å². The van der Waals surface area contributed by atoms with Crippen LogP contribution in [-0.4, -0.2) is 48.8 Å². The van der Waals surface area contributed by atoms with Gasteiger partial charge in [0.15, 0.2) is 0 Å². The van der Waals surface area contributed by atoms with Gasteiger partial charge in [-0.15, -0.1) is 0 Å². The van der Waals surface area contributed by atoms with Crippen LogP contribution in [0.4, 0.5) is 0 Å². The van der Waals surface area contributed by atoms with Gasteiger partial charge in [-0.3, -0.25) is 0 Å². The Morgan fingerprint density at radius 3 is 2.40 bits per heavy atom. The second-order valence-electron chi connectivity index (χ2n) is 7.59. The molecule has 2 rings (SSSR count). The summed E-state index contributed by atoms with van der Waals surface area (Å²) in [5.74, 6) is 0.737. The second kappa shape index (κ2) is 7.77. The van der Waals surface area contributed by atoms with Gasteiger partial charge in [0.25, 0.3) is 0 Å². The molecule has 20 heavy (non-hydrogen) atoms. The molecule has 118 valence electrons. The number of aliphatic hydroxyl groups is 1. The van der Waals surface area contributed by atoms with Crippen molar-refractivity contribution in [1.29, 1.82) is 0 Å². The van der Waals surface area contributed by atoms with Crippen LogP contribution < -0.4 is 5.32 Å². The summed E-state index contributed by atoms with van der Waals surface area (Å²) in [6, 6.07) is 0. The van der Waals surface area contributed by atoms with Gasteiger partial charge >= 0.3 is 0 Å². The molecule has 0 bridgehead atoms. The Balaban J connectivity index is 1.85. The van der Waals surface area contributed by atoms with Crippen molar-refractivity contribution in [3.05, 3.63) is 0 Å². The van der Waals surface area contributed by atoms with Crippen LogP contribution in [0.1, 0.15) is 58.8 Å². The topological polar surface area (TPSA) is 35.5 Å². The molecule has 0 spiro atoms. The molecule has 0 aromatic carbocycles. The third kappa shape index (κ3) is 5.01. The van der Waals surface area contributed by atoms with Crippen molar-refractivity contribution >= 4 is 0 Å². The average Bonchev–Trinajstić information content (AvgIpc) is 2.42. The molecule has 3 heteroatoms. The standard InChI is InChI=1S/C17H34N2O/c1-15(2)12-18-13-17(8-4-3-5-9-17)14-19-10-6-16(20)7-11-19/h15-16,18,20H,3-14H2,1-2H3. The molecule has 1 aliphatic carbocycles. The van der Waals surface area contributed by atoms with Crippen molar-refractivity contribution in [2.45, 2.75) is 64.9 Å². The first-order valence-electron chi connectivity index (χ1n) is 8.71. The predicted molar refractivity (Wildman–Crippen MR) is 84.9 cm³/mol. The molecular formula is C17H34N2O. The molecule has 0 aromatic rings. The number of nitrogens with one attached hydrogen (secondary N) is 1. The number of likely N-dealkylation sites (tertiary alicyclic amines) is 1. The molecule has 1 aliphatic heterocycles. The Kier molecular flexibility index (Phi) is 6.31. The van der Waals surface area contributed by atoms with Crippen molar-refractivity contribution in [2.75, 3.05) is 32.7 Å². The molecule has 0 aromatic heterocycles. The minimum absolute atomic E-state index is 0.0485. The van der Waals surface area contributed by atoms with E-state index in [2.05, 4.69) is 24.1 Å². The van der Waals surface area contributed by atoms with Crippen molar-refractivity contribution < 1.29 is 5.11 Å². The van der Waals surface area contributed by atoms with Crippen molar-refractivity contribution in [3.63, 3.8) is 0 Å². The van der Waals surface area contributed by atoms with Gasteiger partial charge in [-0.1, -0.05) is 33.1 Å². The minimum Gasteiger partial charge on any atom is -0.393 e. The Morgan fingerprint density at radius 2 is 1.80 bits per heavy atom. The van der Waals surface area contributed by atoms with Crippen LogP contribution in [-0.2, 0) is 0 Å². The van der Waals surface area contributed by atoms with Crippen LogP contribution in [0.5, 0.6) is 0 Å². The van der Waals surface area contributed by atoms with E-state index in [1.165, 1.54) is 45.2 Å².